The third kappa shape index (κ3) is 1.31. The SMILES string of the molecule is CCc1cnc(N)c2cc(F)ccc12. The van der Waals surface area contributed by atoms with Crippen molar-refractivity contribution in [1.29, 1.82) is 0 Å². The minimum absolute atomic E-state index is 0.278. The molecule has 2 nitrogen and oxygen atoms in total. The van der Waals surface area contributed by atoms with Crippen LogP contribution in [0.4, 0.5) is 10.2 Å². The largest absolute Gasteiger partial charge is 0.383 e. The molecule has 1 heterocycles. The van der Waals surface area contributed by atoms with Crippen LogP contribution in [-0.4, -0.2) is 4.98 Å². The first-order valence-electron chi connectivity index (χ1n) is 4.55. The smallest absolute Gasteiger partial charge is 0.131 e. The van der Waals surface area contributed by atoms with E-state index in [0.29, 0.717) is 11.2 Å². The molecule has 0 saturated carbocycles. The fraction of sp³-hybridized carbons (Fsp3) is 0.182. The number of halogens is 1. The summed E-state index contributed by atoms with van der Waals surface area (Å²) in [7, 11) is 0. The molecule has 72 valence electrons. The van der Waals surface area contributed by atoms with Crippen molar-refractivity contribution >= 4 is 16.6 Å². The lowest BCUT2D eigenvalue weighted by molar-refractivity contribution is 0.629. The number of hydrogen-bond acceptors (Lipinski definition) is 2. The van der Waals surface area contributed by atoms with Gasteiger partial charge in [0.15, 0.2) is 0 Å². The van der Waals surface area contributed by atoms with Gasteiger partial charge in [-0.15, -0.1) is 0 Å². The Balaban J connectivity index is 2.84. The third-order valence-corrected chi connectivity index (χ3v) is 2.34. The summed E-state index contributed by atoms with van der Waals surface area (Å²) in [5.41, 5.74) is 6.76. The molecule has 1 aromatic carbocycles. The number of nitrogen functional groups attached to an aromatic ring is 1. The monoisotopic (exact) mass is 190 g/mol. The molecule has 3 heteroatoms. The quantitative estimate of drug-likeness (QED) is 0.750. The van der Waals surface area contributed by atoms with E-state index in [9.17, 15) is 4.39 Å². The highest BCUT2D eigenvalue weighted by Gasteiger charge is 2.04. The number of anilines is 1. The van der Waals surface area contributed by atoms with Crippen LogP contribution in [0.25, 0.3) is 10.8 Å². The Labute approximate surface area is 81.6 Å². The number of aryl methyl sites for hydroxylation is 1. The fourth-order valence-electron chi connectivity index (χ4n) is 1.58. The van der Waals surface area contributed by atoms with Crippen molar-refractivity contribution in [2.45, 2.75) is 13.3 Å². The Bertz CT molecular complexity index is 480. The predicted molar refractivity (Wildman–Crippen MR) is 55.5 cm³/mol. The van der Waals surface area contributed by atoms with Crippen molar-refractivity contribution in [3.63, 3.8) is 0 Å². The molecule has 0 aliphatic rings. The van der Waals surface area contributed by atoms with E-state index in [1.807, 2.05) is 6.92 Å². The van der Waals surface area contributed by atoms with E-state index >= 15 is 0 Å². The van der Waals surface area contributed by atoms with Crippen molar-refractivity contribution in [3.8, 4) is 0 Å². The summed E-state index contributed by atoms with van der Waals surface area (Å²) < 4.78 is 13.0. The highest BCUT2D eigenvalue weighted by molar-refractivity contribution is 5.93. The van der Waals surface area contributed by atoms with Crippen LogP contribution in [0.3, 0.4) is 0 Å². The van der Waals surface area contributed by atoms with Gasteiger partial charge in [0, 0.05) is 11.6 Å². The van der Waals surface area contributed by atoms with Crippen LogP contribution in [0.2, 0.25) is 0 Å². The lowest BCUT2D eigenvalue weighted by atomic mass is 10.1. The van der Waals surface area contributed by atoms with Gasteiger partial charge < -0.3 is 5.73 Å². The summed E-state index contributed by atoms with van der Waals surface area (Å²) in [6.45, 7) is 2.04. The van der Waals surface area contributed by atoms with Gasteiger partial charge in [-0.25, -0.2) is 9.37 Å². The first-order valence-corrected chi connectivity index (χ1v) is 4.55. The van der Waals surface area contributed by atoms with Gasteiger partial charge in [0.1, 0.15) is 11.6 Å². The fourth-order valence-corrected chi connectivity index (χ4v) is 1.58. The molecule has 2 aromatic rings. The van der Waals surface area contributed by atoms with E-state index in [2.05, 4.69) is 4.98 Å². The van der Waals surface area contributed by atoms with Gasteiger partial charge in [0.05, 0.1) is 0 Å². The van der Waals surface area contributed by atoms with E-state index in [1.165, 1.54) is 12.1 Å². The van der Waals surface area contributed by atoms with Crippen molar-refractivity contribution in [2.24, 2.45) is 0 Å². The van der Waals surface area contributed by atoms with Gasteiger partial charge in [-0.3, -0.25) is 0 Å². The molecule has 2 rings (SSSR count). The molecule has 2 N–H and O–H groups in total. The van der Waals surface area contributed by atoms with Crippen molar-refractivity contribution in [3.05, 3.63) is 35.8 Å². The van der Waals surface area contributed by atoms with Crippen molar-refractivity contribution in [2.75, 3.05) is 5.73 Å². The van der Waals surface area contributed by atoms with Gasteiger partial charge in [-0.1, -0.05) is 13.0 Å². The van der Waals surface area contributed by atoms with E-state index in [0.717, 1.165) is 17.4 Å². The number of nitrogens with two attached hydrogens (primary N) is 1. The lowest BCUT2D eigenvalue weighted by Gasteiger charge is -2.05. The number of benzene rings is 1. The topological polar surface area (TPSA) is 38.9 Å². The minimum Gasteiger partial charge on any atom is -0.383 e. The van der Waals surface area contributed by atoms with Gasteiger partial charge >= 0.3 is 0 Å². The van der Waals surface area contributed by atoms with Gasteiger partial charge in [0.2, 0.25) is 0 Å². The second kappa shape index (κ2) is 3.25. The van der Waals surface area contributed by atoms with E-state index in [-0.39, 0.29) is 5.82 Å². The molecule has 14 heavy (non-hydrogen) atoms. The van der Waals surface area contributed by atoms with Crippen LogP contribution >= 0.6 is 0 Å². The lowest BCUT2D eigenvalue weighted by Crippen LogP contribution is -1.95. The summed E-state index contributed by atoms with van der Waals surface area (Å²) in [5, 5.41) is 1.69. The van der Waals surface area contributed by atoms with Crippen LogP contribution in [0.15, 0.2) is 24.4 Å². The van der Waals surface area contributed by atoms with E-state index in [4.69, 9.17) is 5.73 Å². The molecular weight excluding hydrogens is 179 g/mol. The summed E-state index contributed by atoms with van der Waals surface area (Å²) in [6.07, 6.45) is 2.62. The second-order valence-corrected chi connectivity index (χ2v) is 3.21. The minimum atomic E-state index is -0.278. The Morgan fingerprint density at radius 3 is 2.86 bits per heavy atom. The number of fused-ring (bicyclic) bond motifs is 1. The Morgan fingerprint density at radius 1 is 1.36 bits per heavy atom. The normalized spacial score (nSPS) is 10.7. The average molecular weight is 190 g/mol. The highest BCUT2D eigenvalue weighted by Crippen LogP contribution is 2.23. The molecule has 0 spiro atoms. The summed E-state index contributed by atoms with van der Waals surface area (Å²) in [6, 6.07) is 4.62. The van der Waals surface area contributed by atoms with E-state index in [1.54, 1.807) is 12.3 Å². The first kappa shape index (κ1) is 8.94. The molecule has 0 bridgehead atoms. The van der Waals surface area contributed by atoms with Crippen LogP contribution in [0.1, 0.15) is 12.5 Å². The molecule has 0 unspecified atom stereocenters. The maximum atomic E-state index is 13.0. The average Bonchev–Trinajstić information content (AvgIpc) is 2.19. The number of nitrogens with zero attached hydrogens (tertiary/aromatic N) is 1. The molecule has 1 aromatic heterocycles. The van der Waals surface area contributed by atoms with Crippen LogP contribution in [0, 0.1) is 5.82 Å². The maximum Gasteiger partial charge on any atom is 0.131 e. The second-order valence-electron chi connectivity index (χ2n) is 3.21. The number of aromatic nitrogens is 1. The molecule has 0 radical (unpaired) electrons. The van der Waals surface area contributed by atoms with Gasteiger partial charge in [-0.2, -0.15) is 0 Å². The zero-order valence-electron chi connectivity index (χ0n) is 7.92. The maximum absolute atomic E-state index is 13.0. The van der Waals surface area contributed by atoms with Crippen LogP contribution in [0.5, 0.6) is 0 Å². The highest BCUT2D eigenvalue weighted by atomic mass is 19.1. The number of pyridine rings is 1. The molecule has 0 atom stereocenters. The van der Waals surface area contributed by atoms with Crippen molar-refractivity contribution in [1.82, 2.24) is 4.98 Å². The molecule has 0 amide bonds. The summed E-state index contributed by atoms with van der Waals surface area (Å²) >= 11 is 0. The Kier molecular flexibility index (Phi) is 2.08. The predicted octanol–water partition coefficient (Wildman–Crippen LogP) is 2.52. The number of rotatable bonds is 1. The summed E-state index contributed by atoms with van der Waals surface area (Å²) in [5.74, 6) is 0.107. The zero-order valence-corrected chi connectivity index (χ0v) is 7.92. The van der Waals surface area contributed by atoms with Gasteiger partial charge in [0.25, 0.3) is 0 Å². The zero-order chi connectivity index (χ0) is 10.1. The van der Waals surface area contributed by atoms with Crippen molar-refractivity contribution < 1.29 is 4.39 Å². The molecular formula is C11H11FN2. The van der Waals surface area contributed by atoms with E-state index < -0.39 is 0 Å². The molecule has 0 fully saturated rings. The standard InChI is InChI=1S/C11H11FN2/c1-2-7-6-14-11(13)10-5-8(12)3-4-9(7)10/h3-6H,2H2,1H3,(H2,13,14). The molecule has 0 saturated heterocycles. The van der Waals surface area contributed by atoms with Crippen LogP contribution in [-0.2, 0) is 6.42 Å². The Hall–Kier alpha value is -1.64. The molecule has 0 aliphatic heterocycles. The summed E-state index contributed by atoms with van der Waals surface area (Å²) in [4.78, 5) is 4.03. The third-order valence-electron chi connectivity index (χ3n) is 2.34. The Morgan fingerprint density at radius 2 is 2.14 bits per heavy atom. The first-order chi connectivity index (χ1) is 6.72. The van der Waals surface area contributed by atoms with Crippen LogP contribution < -0.4 is 5.73 Å². The van der Waals surface area contributed by atoms with Gasteiger partial charge in [-0.05, 0) is 29.5 Å². The number of hydrogen-bond donors (Lipinski definition) is 1. The molecule has 0 aliphatic carbocycles.